The predicted octanol–water partition coefficient (Wildman–Crippen LogP) is 3.05. The van der Waals surface area contributed by atoms with Crippen LogP contribution in [0.3, 0.4) is 0 Å². The van der Waals surface area contributed by atoms with Gasteiger partial charge < -0.3 is 4.79 Å². The Hall–Kier alpha value is -1.25. The largest absolute Gasteiger partial charge is 0.300 e. The van der Waals surface area contributed by atoms with Crippen molar-refractivity contribution in [2.75, 3.05) is 0 Å². The Labute approximate surface area is 81.7 Å². The van der Waals surface area contributed by atoms with Crippen molar-refractivity contribution in [3.8, 4) is 0 Å². The van der Waals surface area contributed by atoms with Crippen LogP contribution in [-0.2, 0) is 4.79 Å². The lowest BCUT2D eigenvalue weighted by molar-refractivity contribution is -0.117. The van der Waals surface area contributed by atoms with Gasteiger partial charge in [0.2, 0.25) is 0 Å². The Kier molecular flexibility index (Phi) is 3.33. The van der Waals surface area contributed by atoms with Gasteiger partial charge in [0.15, 0.2) is 0 Å². The van der Waals surface area contributed by atoms with Crippen LogP contribution in [0.15, 0.2) is 18.2 Å². The van der Waals surface area contributed by atoms with E-state index in [-0.39, 0.29) is 17.8 Å². The van der Waals surface area contributed by atoms with Crippen LogP contribution in [0.4, 0.5) is 8.78 Å². The lowest BCUT2D eigenvalue weighted by Crippen LogP contribution is -2.05. The summed E-state index contributed by atoms with van der Waals surface area (Å²) in [6.07, 6.45) is 0.165. The average Bonchev–Trinajstić information content (AvgIpc) is 2.01. The Morgan fingerprint density at radius 2 is 1.86 bits per heavy atom. The summed E-state index contributed by atoms with van der Waals surface area (Å²) >= 11 is 0. The maximum absolute atomic E-state index is 13.2. The average molecular weight is 198 g/mol. The Balaban J connectivity index is 2.99. The highest BCUT2D eigenvalue weighted by Gasteiger charge is 2.16. The molecular formula is C11H12F2O. The minimum atomic E-state index is -0.584. The van der Waals surface area contributed by atoms with Crippen molar-refractivity contribution < 1.29 is 13.6 Å². The fraction of sp³-hybridized carbons (Fsp3) is 0.364. The van der Waals surface area contributed by atoms with Crippen LogP contribution >= 0.6 is 0 Å². The molecule has 0 aliphatic rings. The van der Waals surface area contributed by atoms with Gasteiger partial charge in [-0.25, -0.2) is 8.78 Å². The third kappa shape index (κ3) is 2.37. The van der Waals surface area contributed by atoms with E-state index in [9.17, 15) is 13.6 Å². The highest BCUT2D eigenvalue weighted by atomic mass is 19.1. The molecule has 0 bridgehead atoms. The predicted molar refractivity (Wildman–Crippen MR) is 50.1 cm³/mol. The normalized spacial score (nSPS) is 12.6. The summed E-state index contributed by atoms with van der Waals surface area (Å²) in [5, 5.41) is 0. The van der Waals surface area contributed by atoms with Crippen LogP contribution in [0.2, 0.25) is 0 Å². The van der Waals surface area contributed by atoms with Gasteiger partial charge in [0.05, 0.1) is 0 Å². The number of hydrogen-bond donors (Lipinski definition) is 0. The first-order chi connectivity index (χ1) is 6.52. The number of Topliss-reactive ketones (excluding diaryl/α,β-unsaturated/α-hetero) is 1. The van der Waals surface area contributed by atoms with E-state index < -0.39 is 17.6 Å². The van der Waals surface area contributed by atoms with Crippen molar-refractivity contribution in [3.63, 3.8) is 0 Å². The van der Waals surface area contributed by atoms with Crippen molar-refractivity contribution in [2.45, 2.75) is 26.2 Å². The van der Waals surface area contributed by atoms with E-state index in [2.05, 4.69) is 0 Å². The molecule has 3 heteroatoms. The molecule has 0 amide bonds. The summed E-state index contributed by atoms with van der Waals surface area (Å²) in [5.74, 6) is -1.65. The summed E-state index contributed by atoms with van der Waals surface area (Å²) in [5.41, 5.74) is 0.00250. The Morgan fingerprint density at radius 1 is 1.36 bits per heavy atom. The van der Waals surface area contributed by atoms with E-state index >= 15 is 0 Å². The third-order valence-electron chi connectivity index (χ3n) is 2.09. The number of carbonyl (C=O) groups is 1. The molecule has 1 unspecified atom stereocenters. The molecule has 0 saturated heterocycles. The molecule has 1 rings (SSSR count). The zero-order chi connectivity index (χ0) is 10.7. The molecule has 0 fully saturated rings. The quantitative estimate of drug-likeness (QED) is 0.729. The first kappa shape index (κ1) is 10.8. The monoisotopic (exact) mass is 198 g/mol. The van der Waals surface area contributed by atoms with Gasteiger partial charge in [0.1, 0.15) is 17.4 Å². The van der Waals surface area contributed by atoms with Crippen molar-refractivity contribution in [3.05, 3.63) is 35.4 Å². The molecule has 1 aromatic carbocycles. The van der Waals surface area contributed by atoms with E-state index in [1.165, 1.54) is 25.1 Å². The van der Waals surface area contributed by atoms with Crippen LogP contribution in [0.1, 0.15) is 31.7 Å². The molecule has 1 atom stereocenters. The molecule has 1 nitrogen and oxygen atoms in total. The summed E-state index contributed by atoms with van der Waals surface area (Å²) in [6, 6.07) is 3.72. The molecule has 0 heterocycles. The molecule has 0 spiro atoms. The van der Waals surface area contributed by atoms with Gasteiger partial charge in [-0.05, 0) is 25.0 Å². The second-order valence-corrected chi connectivity index (χ2v) is 3.44. The van der Waals surface area contributed by atoms with E-state index in [0.717, 1.165) is 0 Å². The van der Waals surface area contributed by atoms with Crippen LogP contribution in [0.25, 0.3) is 0 Å². The second-order valence-electron chi connectivity index (χ2n) is 3.44. The maximum atomic E-state index is 13.2. The lowest BCUT2D eigenvalue weighted by atomic mass is 9.95. The fourth-order valence-electron chi connectivity index (χ4n) is 1.51. The molecule has 1 aromatic rings. The van der Waals surface area contributed by atoms with Crippen molar-refractivity contribution in [1.82, 2.24) is 0 Å². The second kappa shape index (κ2) is 4.31. The van der Waals surface area contributed by atoms with Gasteiger partial charge >= 0.3 is 0 Å². The van der Waals surface area contributed by atoms with E-state index in [4.69, 9.17) is 0 Å². The van der Waals surface area contributed by atoms with E-state index in [1.54, 1.807) is 6.92 Å². The maximum Gasteiger partial charge on any atom is 0.130 e. The summed E-state index contributed by atoms with van der Waals surface area (Å²) in [6.45, 7) is 3.05. The highest BCUT2D eigenvalue weighted by Crippen LogP contribution is 2.24. The number of hydrogen-bond acceptors (Lipinski definition) is 1. The summed E-state index contributed by atoms with van der Waals surface area (Å²) < 4.78 is 26.4. The van der Waals surface area contributed by atoms with Gasteiger partial charge in [-0.2, -0.15) is 0 Å². The van der Waals surface area contributed by atoms with Gasteiger partial charge in [-0.1, -0.05) is 13.0 Å². The molecule has 76 valence electrons. The molecule has 0 saturated carbocycles. The zero-order valence-electron chi connectivity index (χ0n) is 8.18. The van der Waals surface area contributed by atoms with Crippen LogP contribution in [0, 0.1) is 11.6 Å². The van der Waals surface area contributed by atoms with Crippen molar-refractivity contribution >= 4 is 5.78 Å². The number of carbonyl (C=O) groups excluding carboxylic acids is 1. The number of rotatable bonds is 3. The zero-order valence-corrected chi connectivity index (χ0v) is 8.18. The van der Waals surface area contributed by atoms with Crippen LogP contribution in [-0.4, -0.2) is 5.78 Å². The third-order valence-corrected chi connectivity index (χ3v) is 2.09. The van der Waals surface area contributed by atoms with Gasteiger partial charge in [0.25, 0.3) is 0 Å². The highest BCUT2D eigenvalue weighted by molar-refractivity contribution is 5.76. The molecule has 0 aromatic heterocycles. The van der Waals surface area contributed by atoms with Gasteiger partial charge in [0, 0.05) is 12.0 Å². The van der Waals surface area contributed by atoms with Crippen LogP contribution < -0.4 is 0 Å². The van der Waals surface area contributed by atoms with Gasteiger partial charge in [-0.15, -0.1) is 0 Å². The molecule has 0 radical (unpaired) electrons. The molecule has 0 aliphatic carbocycles. The topological polar surface area (TPSA) is 17.1 Å². The fourth-order valence-corrected chi connectivity index (χ4v) is 1.51. The summed E-state index contributed by atoms with van der Waals surface area (Å²) in [7, 11) is 0. The number of halogens is 2. The summed E-state index contributed by atoms with van der Waals surface area (Å²) in [4.78, 5) is 10.8. The Bertz CT molecular complexity index is 327. The Morgan fingerprint density at radius 3 is 2.29 bits per heavy atom. The number of benzene rings is 1. The van der Waals surface area contributed by atoms with Gasteiger partial charge in [-0.3, -0.25) is 0 Å². The lowest BCUT2D eigenvalue weighted by Gasteiger charge is -2.11. The first-order valence-electron chi connectivity index (χ1n) is 4.45. The minimum Gasteiger partial charge on any atom is -0.300 e. The minimum absolute atomic E-state index is 0.00250. The SMILES string of the molecule is CC(=O)CC(C)c1c(F)cccc1F. The molecule has 0 aliphatic heterocycles. The van der Waals surface area contributed by atoms with E-state index in [1.807, 2.05) is 0 Å². The van der Waals surface area contributed by atoms with E-state index in [0.29, 0.717) is 0 Å². The molecular weight excluding hydrogens is 186 g/mol. The van der Waals surface area contributed by atoms with Crippen molar-refractivity contribution in [1.29, 1.82) is 0 Å². The molecule has 14 heavy (non-hydrogen) atoms. The number of ketones is 1. The first-order valence-corrected chi connectivity index (χ1v) is 4.45. The van der Waals surface area contributed by atoms with Crippen molar-refractivity contribution in [2.24, 2.45) is 0 Å². The standard InChI is InChI=1S/C11H12F2O/c1-7(6-8(2)14)11-9(12)4-3-5-10(11)13/h3-5,7H,6H2,1-2H3. The molecule has 0 N–H and O–H groups in total. The smallest absolute Gasteiger partial charge is 0.130 e. The van der Waals surface area contributed by atoms with Crippen LogP contribution in [0.5, 0.6) is 0 Å².